The van der Waals surface area contributed by atoms with Gasteiger partial charge in [-0.1, -0.05) is 13.8 Å². The van der Waals surface area contributed by atoms with Crippen molar-refractivity contribution in [3.05, 3.63) is 29.3 Å². The number of aromatic carboxylic acids is 1. The van der Waals surface area contributed by atoms with Crippen LogP contribution < -0.4 is 4.72 Å². The van der Waals surface area contributed by atoms with E-state index in [0.717, 1.165) is 0 Å². The molecule has 1 aromatic rings. The average molecular weight is 315 g/mol. The predicted octanol–water partition coefficient (Wildman–Crippen LogP) is 1.38. The molecule has 3 N–H and O–H groups in total. The van der Waals surface area contributed by atoms with Crippen LogP contribution in [0, 0.1) is 12.8 Å². The van der Waals surface area contributed by atoms with Gasteiger partial charge in [0.2, 0.25) is 10.0 Å². The van der Waals surface area contributed by atoms with Crippen LogP contribution in [0.4, 0.5) is 0 Å². The zero-order valence-corrected chi connectivity index (χ0v) is 13.4. The molecule has 118 valence electrons. The van der Waals surface area contributed by atoms with E-state index in [1.807, 2.05) is 0 Å². The maximum Gasteiger partial charge on any atom is 0.335 e. The molecule has 0 spiro atoms. The highest BCUT2D eigenvalue weighted by Gasteiger charge is 2.27. The molecule has 0 fully saturated rings. The first-order valence-corrected chi connectivity index (χ1v) is 8.01. The molecule has 1 unspecified atom stereocenters. The first-order chi connectivity index (χ1) is 9.47. The van der Waals surface area contributed by atoms with Gasteiger partial charge in [-0.15, -0.1) is 0 Å². The van der Waals surface area contributed by atoms with E-state index in [1.165, 1.54) is 25.1 Å². The zero-order chi connectivity index (χ0) is 16.4. The van der Waals surface area contributed by atoms with Crippen LogP contribution in [-0.4, -0.2) is 36.7 Å². The largest absolute Gasteiger partial charge is 0.478 e. The molecule has 1 rings (SSSR count). The number of nitrogens with one attached hydrogen (secondary N) is 1. The van der Waals surface area contributed by atoms with Crippen molar-refractivity contribution >= 4 is 16.0 Å². The van der Waals surface area contributed by atoms with Crippen LogP contribution in [0.5, 0.6) is 0 Å². The lowest BCUT2D eigenvalue weighted by Crippen LogP contribution is -2.44. The Balaban J connectivity index is 2.99. The highest BCUT2D eigenvalue weighted by atomic mass is 32.2. The molecule has 0 radical (unpaired) electrons. The van der Waals surface area contributed by atoms with Crippen LogP contribution in [0.1, 0.15) is 36.7 Å². The van der Waals surface area contributed by atoms with Gasteiger partial charge in [-0.3, -0.25) is 0 Å². The van der Waals surface area contributed by atoms with Gasteiger partial charge >= 0.3 is 5.97 Å². The van der Waals surface area contributed by atoms with Gasteiger partial charge in [0, 0.05) is 6.54 Å². The lowest BCUT2D eigenvalue weighted by molar-refractivity contribution is 0.0190. The lowest BCUT2D eigenvalue weighted by Gasteiger charge is -2.27. The summed E-state index contributed by atoms with van der Waals surface area (Å²) in [5, 5.41) is 19.0. The van der Waals surface area contributed by atoms with Gasteiger partial charge < -0.3 is 10.2 Å². The maximum atomic E-state index is 12.2. The Hall–Kier alpha value is -1.44. The zero-order valence-electron chi connectivity index (χ0n) is 12.5. The molecule has 21 heavy (non-hydrogen) atoms. The Kier molecular flexibility index (Phi) is 5.14. The summed E-state index contributed by atoms with van der Waals surface area (Å²) in [5.41, 5.74) is -0.743. The smallest absolute Gasteiger partial charge is 0.335 e. The Morgan fingerprint density at radius 1 is 1.38 bits per heavy atom. The summed E-state index contributed by atoms with van der Waals surface area (Å²) in [5.74, 6) is -1.22. The quantitative estimate of drug-likeness (QED) is 0.736. The second-order valence-corrected chi connectivity index (χ2v) is 7.39. The Morgan fingerprint density at radius 3 is 2.38 bits per heavy atom. The van der Waals surface area contributed by atoms with Gasteiger partial charge in [-0.2, -0.15) is 0 Å². The molecule has 0 aliphatic heterocycles. The topological polar surface area (TPSA) is 104 Å². The standard InChI is InChI=1S/C14H21NO5S/c1-9(2)14(4,18)8-15-21(19,20)11-5-6-12(13(16)17)10(3)7-11/h5-7,9,15,18H,8H2,1-4H3,(H,16,17). The molecule has 0 heterocycles. The van der Waals surface area contributed by atoms with Crippen molar-refractivity contribution in [3.8, 4) is 0 Å². The third-order valence-corrected chi connectivity index (χ3v) is 5.00. The Bertz CT molecular complexity index is 635. The summed E-state index contributed by atoms with van der Waals surface area (Å²) < 4.78 is 26.7. The SMILES string of the molecule is Cc1cc(S(=O)(=O)NCC(C)(O)C(C)C)ccc1C(=O)O. The van der Waals surface area contributed by atoms with Crippen LogP contribution in [0.15, 0.2) is 23.1 Å². The first kappa shape index (κ1) is 17.6. The first-order valence-electron chi connectivity index (χ1n) is 6.53. The number of hydrogen-bond acceptors (Lipinski definition) is 4. The summed E-state index contributed by atoms with van der Waals surface area (Å²) in [4.78, 5) is 10.9. The summed E-state index contributed by atoms with van der Waals surface area (Å²) in [6, 6.07) is 3.80. The molecule has 0 aliphatic rings. The van der Waals surface area contributed by atoms with Gasteiger partial charge in [0.05, 0.1) is 16.1 Å². The van der Waals surface area contributed by atoms with E-state index in [4.69, 9.17) is 5.11 Å². The molecule has 0 saturated heterocycles. The highest BCUT2D eigenvalue weighted by Crippen LogP contribution is 2.18. The van der Waals surface area contributed by atoms with Crippen LogP contribution >= 0.6 is 0 Å². The van der Waals surface area contributed by atoms with Crippen molar-refractivity contribution in [3.63, 3.8) is 0 Å². The number of aryl methyl sites for hydroxylation is 1. The maximum absolute atomic E-state index is 12.2. The molecule has 0 saturated carbocycles. The second kappa shape index (κ2) is 6.13. The number of carboxylic acid groups (broad SMARTS) is 1. The molecular formula is C14H21NO5S. The van der Waals surface area contributed by atoms with E-state index in [-0.39, 0.29) is 22.9 Å². The molecule has 0 bridgehead atoms. The second-order valence-electron chi connectivity index (χ2n) is 5.62. The van der Waals surface area contributed by atoms with Crippen molar-refractivity contribution in [2.45, 2.75) is 38.2 Å². The highest BCUT2D eigenvalue weighted by molar-refractivity contribution is 7.89. The van der Waals surface area contributed by atoms with Crippen molar-refractivity contribution in [1.82, 2.24) is 4.72 Å². The predicted molar refractivity (Wildman–Crippen MR) is 78.8 cm³/mol. The monoisotopic (exact) mass is 315 g/mol. The molecular weight excluding hydrogens is 294 g/mol. The minimum Gasteiger partial charge on any atom is -0.478 e. The molecule has 1 atom stereocenters. The van der Waals surface area contributed by atoms with E-state index in [9.17, 15) is 18.3 Å². The minimum absolute atomic E-state index is 0.0236. The third-order valence-electron chi connectivity index (χ3n) is 3.60. The summed E-state index contributed by atoms with van der Waals surface area (Å²) in [6.07, 6.45) is 0. The van der Waals surface area contributed by atoms with Crippen LogP contribution in [-0.2, 0) is 10.0 Å². The number of aliphatic hydroxyl groups is 1. The third kappa shape index (κ3) is 4.26. The van der Waals surface area contributed by atoms with E-state index in [1.54, 1.807) is 20.8 Å². The fraction of sp³-hybridized carbons (Fsp3) is 0.500. The van der Waals surface area contributed by atoms with Crippen molar-refractivity contribution < 1.29 is 23.4 Å². The molecule has 0 amide bonds. The fourth-order valence-corrected chi connectivity index (χ4v) is 2.80. The van der Waals surface area contributed by atoms with Gasteiger partial charge in [-0.25, -0.2) is 17.9 Å². The van der Waals surface area contributed by atoms with Crippen molar-refractivity contribution in [2.24, 2.45) is 5.92 Å². The van der Waals surface area contributed by atoms with Crippen molar-refractivity contribution in [1.29, 1.82) is 0 Å². The van der Waals surface area contributed by atoms with E-state index in [2.05, 4.69) is 4.72 Å². The van der Waals surface area contributed by atoms with Crippen LogP contribution in [0.3, 0.4) is 0 Å². The normalized spacial score (nSPS) is 15.0. The molecule has 7 heteroatoms. The van der Waals surface area contributed by atoms with Crippen LogP contribution in [0.2, 0.25) is 0 Å². The molecule has 6 nitrogen and oxygen atoms in total. The number of sulfonamides is 1. The minimum atomic E-state index is -3.79. The molecule has 0 aromatic heterocycles. The van der Waals surface area contributed by atoms with Gasteiger partial charge in [-0.05, 0) is 43.5 Å². The number of carboxylic acids is 1. The van der Waals surface area contributed by atoms with E-state index in [0.29, 0.717) is 5.56 Å². The van der Waals surface area contributed by atoms with Gasteiger partial charge in [0.1, 0.15) is 0 Å². The van der Waals surface area contributed by atoms with Crippen molar-refractivity contribution in [2.75, 3.05) is 6.54 Å². The number of rotatable bonds is 6. The van der Waals surface area contributed by atoms with Gasteiger partial charge in [0.15, 0.2) is 0 Å². The average Bonchev–Trinajstić information content (AvgIpc) is 2.36. The van der Waals surface area contributed by atoms with Gasteiger partial charge in [0.25, 0.3) is 0 Å². The Labute approximate surface area is 124 Å². The number of benzene rings is 1. The summed E-state index contributed by atoms with van der Waals surface area (Å²) in [7, 11) is -3.79. The molecule has 1 aromatic carbocycles. The number of carbonyl (C=O) groups is 1. The lowest BCUT2D eigenvalue weighted by atomic mass is 9.93. The molecule has 0 aliphatic carbocycles. The number of hydrogen-bond donors (Lipinski definition) is 3. The van der Waals surface area contributed by atoms with E-state index >= 15 is 0 Å². The van der Waals surface area contributed by atoms with Crippen LogP contribution in [0.25, 0.3) is 0 Å². The summed E-state index contributed by atoms with van der Waals surface area (Å²) >= 11 is 0. The Morgan fingerprint density at radius 2 is 1.95 bits per heavy atom. The van der Waals surface area contributed by atoms with E-state index < -0.39 is 21.6 Å². The fourth-order valence-electron chi connectivity index (χ4n) is 1.57. The summed E-state index contributed by atoms with van der Waals surface area (Å²) in [6.45, 7) is 6.55.